The van der Waals surface area contributed by atoms with Gasteiger partial charge >= 0.3 is 0 Å². The predicted molar refractivity (Wildman–Crippen MR) is 48.4 cm³/mol. The summed E-state index contributed by atoms with van der Waals surface area (Å²) in [6, 6.07) is 3.40. The third kappa shape index (κ3) is 2.25. The Balaban J connectivity index is 3.03. The monoisotopic (exact) mass is 185 g/mol. The maximum atomic E-state index is 13.2. The Bertz CT molecular complexity index is 282. The van der Waals surface area contributed by atoms with Crippen molar-refractivity contribution < 1.29 is 8.78 Å². The van der Waals surface area contributed by atoms with Gasteiger partial charge in [0.1, 0.15) is 11.6 Å². The van der Waals surface area contributed by atoms with E-state index in [1.807, 2.05) is 6.92 Å². The van der Waals surface area contributed by atoms with Crippen LogP contribution >= 0.6 is 0 Å². The lowest BCUT2D eigenvalue weighted by Crippen LogP contribution is -2.16. The Morgan fingerprint density at radius 1 is 1.38 bits per heavy atom. The molecule has 1 rings (SSSR count). The van der Waals surface area contributed by atoms with Gasteiger partial charge in [0.2, 0.25) is 0 Å². The molecule has 0 aliphatic rings. The van der Waals surface area contributed by atoms with Gasteiger partial charge in [-0.15, -0.1) is 0 Å². The molecule has 0 fully saturated rings. The van der Waals surface area contributed by atoms with E-state index in [-0.39, 0.29) is 11.9 Å². The normalized spacial score (nSPS) is 12.9. The molecule has 1 N–H and O–H groups in total. The molecule has 1 atom stereocenters. The van der Waals surface area contributed by atoms with Crippen molar-refractivity contribution in [3.8, 4) is 0 Å². The average molecular weight is 185 g/mol. The lowest BCUT2D eigenvalue weighted by atomic mass is 10.0. The number of rotatable bonds is 3. The SMILES string of the molecule is CC[C@@H](NC)c1cc(F)ccc1F. The largest absolute Gasteiger partial charge is 0.313 e. The molecule has 0 saturated carbocycles. The lowest BCUT2D eigenvalue weighted by Gasteiger charge is -2.14. The zero-order chi connectivity index (χ0) is 9.84. The van der Waals surface area contributed by atoms with E-state index < -0.39 is 5.82 Å². The number of hydrogen-bond donors (Lipinski definition) is 1. The lowest BCUT2D eigenvalue weighted by molar-refractivity contribution is 0.515. The smallest absolute Gasteiger partial charge is 0.128 e. The molecular weight excluding hydrogens is 172 g/mol. The second-order valence-corrected chi connectivity index (χ2v) is 2.92. The average Bonchev–Trinajstić information content (AvgIpc) is 2.13. The van der Waals surface area contributed by atoms with Crippen molar-refractivity contribution in [2.75, 3.05) is 7.05 Å². The fourth-order valence-corrected chi connectivity index (χ4v) is 1.36. The van der Waals surface area contributed by atoms with Crippen LogP contribution in [0.15, 0.2) is 18.2 Å². The van der Waals surface area contributed by atoms with Gasteiger partial charge in [-0.3, -0.25) is 0 Å². The summed E-state index contributed by atoms with van der Waals surface area (Å²) in [5.41, 5.74) is 0.394. The summed E-state index contributed by atoms with van der Waals surface area (Å²) < 4.78 is 26.0. The zero-order valence-electron chi connectivity index (χ0n) is 7.77. The summed E-state index contributed by atoms with van der Waals surface area (Å²) in [4.78, 5) is 0. The van der Waals surface area contributed by atoms with E-state index in [2.05, 4.69) is 5.32 Å². The van der Waals surface area contributed by atoms with Gasteiger partial charge in [-0.25, -0.2) is 8.78 Å². The maximum absolute atomic E-state index is 13.2. The molecule has 1 aromatic carbocycles. The molecule has 1 aromatic rings. The Morgan fingerprint density at radius 2 is 2.08 bits per heavy atom. The summed E-state index contributed by atoms with van der Waals surface area (Å²) in [6.45, 7) is 1.92. The standard InChI is InChI=1S/C10H13F2N/c1-3-10(13-2)8-6-7(11)4-5-9(8)12/h4-6,10,13H,3H2,1-2H3/t10-/m1/s1. The van der Waals surface area contributed by atoms with Crippen LogP contribution in [-0.2, 0) is 0 Å². The van der Waals surface area contributed by atoms with Crippen LogP contribution in [-0.4, -0.2) is 7.05 Å². The highest BCUT2D eigenvalue weighted by Gasteiger charge is 2.12. The summed E-state index contributed by atoms with van der Waals surface area (Å²) >= 11 is 0. The van der Waals surface area contributed by atoms with Crippen molar-refractivity contribution in [2.24, 2.45) is 0 Å². The molecule has 72 valence electrons. The fourth-order valence-electron chi connectivity index (χ4n) is 1.36. The van der Waals surface area contributed by atoms with E-state index in [0.29, 0.717) is 5.56 Å². The minimum atomic E-state index is -0.398. The first-order valence-electron chi connectivity index (χ1n) is 4.31. The third-order valence-corrected chi connectivity index (χ3v) is 2.09. The molecule has 1 nitrogen and oxygen atoms in total. The number of benzene rings is 1. The minimum absolute atomic E-state index is 0.115. The molecular formula is C10H13F2N. The number of halogens is 2. The van der Waals surface area contributed by atoms with E-state index in [9.17, 15) is 8.78 Å². The van der Waals surface area contributed by atoms with E-state index in [4.69, 9.17) is 0 Å². The van der Waals surface area contributed by atoms with Gasteiger partial charge in [-0.1, -0.05) is 6.92 Å². The number of nitrogens with one attached hydrogen (secondary N) is 1. The molecule has 0 saturated heterocycles. The van der Waals surface area contributed by atoms with Crippen LogP contribution in [0.5, 0.6) is 0 Å². The summed E-state index contributed by atoms with van der Waals surface area (Å²) in [6.07, 6.45) is 0.733. The van der Waals surface area contributed by atoms with Crippen LogP contribution < -0.4 is 5.32 Å². The molecule has 13 heavy (non-hydrogen) atoms. The highest BCUT2D eigenvalue weighted by molar-refractivity contribution is 5.22. The van der Waals surface area contributed by atoms with Crippen molar-refractivity contribution in [2.45, 2.75) is 19.4 Å². The molecule has 0 radical (unpaired) electrons. The second kappa shape index (κ2) is 4.33. The molecule has 3 heteroatoms. The van der Waals surface area contributed by atoms with Crippen LogP contribution in [0.25, 0.3) is 0 Å². The van der Waals surface area contributed by atoms with Gasteiger partial charge in [-0.05, 0) is 31.7 Å². The van der Waals surface area contributed by atoms with Gasteiger partial charge in [0.15, 0.2) is 0 Å². The molecule has 0 aliphatic carbocycles. The van der Waals surface area contributed by atoms with Crippen LogP contribution in [0.1, 0.15) is 24.9 Å². The second-order valence-electron chi connectivity index (χ2n) is 2.92. The molecule has 0 heterocycles. The Kier molecular flexibility index (Phi) is 3.37. The summed E-state index contributed by atoms with van der Waals surface area (Å²) in [7, 11) is 1.73. The Morgan fingerprint density at radius 3 is 2.62 bits per heavy atom. The van der Waals surface area contributed by atoms with Crippen molar-refractivity contribution in [1.29, 1.82) is 0 Å². The minimum Gasteiger partial charge on any atom is -0.313 e. The topological polar surface area (TPSA) is 12.0 Å². The molecule has 0 amide bonds. The molecule has 0 unspecified atom stereocenters. The van der Waals surface area contributed by atoms with E-state index >= 15 is 0 Å². The van der Waals surface area contributed by atoms with Crippen molar-refractivity contribution in [3.63, 3.8) is 0 Å². The van der Waals surface area contributed by atoms with E-state index in [1.54, 1.807) is 7.05 Å². The number of hydrogen-bond acceptors (Lipinski definition) is 1. The fraction of sp³-hybridized carbons (Fsp3) is 0.400. The van der Waals surface area contributed by atoms with E-state index in [1.165, 1.54) is 6.07 Å². The molecule has 0 bridgehead atoms. The van der Waals surface area contributed by atoms with Gasteiger partial charge < -0.3 is 5.32 Å². The predicted octanol–water partition coefficient (Wildman–Crippen LogP) is 2.64. The molecule has 0 aliphatic heterocycles. The van der Waals surface area contributed by atoms with Crippen molar-refractivity contribution >= 4 is 0 Å². The van der Waals surface area contributed by atoms with Crippen molar-refractivity contribution in [3.05, 3.63) is 35.4 Å². The van der Waals surface area contributed by atoms with Crippen LogP contribution in [0, 0.1) is 11.6 Å². The van der Waals surface area contributed by atoms with Crippen LogP contribution in [0.3, 0.4) is 0 Å². The zero-order valence-corrected chi connectivity index (χ0v) is 7.77. The first-order valence-corrected chi connectivity index (χ1v) is 4.31. The van der Waals surface area contributed by atoms with Gasteiger partial charge in [0, 0.05) is 11.6 Å². The maximum Gasteiger partial charge on any atom is 0.128 e. The van der Waals surface area contributed by atoms with Crippen LogP contribution in [0.4, 0.5) is 8.78 Å². The third-order valence-electron chi connectivity index (χ3n) is 2.09. The van der Waals surface area contributed by atoms with Gasteiger partial charge in [0.05, 0.1) is 0 Å². The first-order chi connectivity index (χ1) is 6.19. The summed E-state index contributed by atoms with van der Waals surface area (Å²) in [5, 5.41) is 2.93. The highest BCUT2D eigenvalue weighted by Crippen LogP contribution is 2.20. The van der Waals surface area contributed by atoms with Crippen molar-refractivity contribution in [1.82, 2.24) is 5.32 Å². The van der Waals surface area contributed by atoms with Gasteiger partial charge in [-0.2, -0.15) is 0 Å². The molecule has 0 aromatic heterocycles. The highest BCUT2D eigenvalue weighted by atomic mass is 19.1. The molecule has 0 spiro atoms. The Hall–Kier alpha value is -0.960. The first kappa shape index (κ1) is 10.1. The van der Waals surface area contributed by atoms with Crippen LogP contribution in [0.2, 0.25) is 0 Å². The van der Waals surface area contributed by atoms with Gasteiger partial charge in [0.25, 0.3) is 0 Å². The van der Waals surface area contributed by atoms with E-state index in [0.717, 1.165) is 18.6 Å². The Labute approximate surface area is 76.8 Å². The quantitative estimate of drug-likeness (QED) is 0.763. The summed E-state index contributed by atoms with van der Waals surface area (Å²) in [5.74, 6) is -0.757.